The number of halogens is 3. The van der Waals surface area contributed by atoms with Crippen molar-refractivity contribution < 1.29 is 18.7 Å². The van der Waals surface area contributed by atoms with Crippen molar-refractivity contribution >= 4 is 16.8 Å². The summed E-state index contributed by atoms with van der Waals surface area (Å²) in [5.41, 5.74) is -2.72. The maximum atomic E-state index is 12.1. The first-order chi connectivity index (χ1) is 6.45. The van der Waals surface area contributed by atoms with Crippen molar-refractivity contribution in [3.63, 3.8) is 0 Å². The molecule has 0 aliphatic carbocycles. The maximum absolute atomic E-state index is 12.1. The van der Waals surface area contributed by atoms with Gasteiger partial charge < -0.3 is 10.1 Å². The molecule has 1 aromatic rings. The van der Waals surface area contributed by atoms with Gasteiger partial charge in [-0.25, -0.2) is 8.78 Å². The first-order valence-corrected chi connectivity index (χ1v) is 3.75. The number of rotatable bonds is 2. The topological polar surface area (TPSA) is 70.2 Å². The van der Waals surface area contributed by atoms with Crippen LogP contribution in [0, 0.1) is 0 Å². The van der Waals surface area contributed by atoms with Crippen LogP contribution in [0.15, 0.2) is 11.0 Å². The summed E-state index contributed by atoms with van der Waals surface area (Å²) in [4.78, 5) is 23.5. The van der Waals surface area contributed by atoms with Crippen LogP contribution in [0.4, 0.5) is 8.78 Å². The minimum absolute atomic E-state index is 0.575. The van der Waals surface area contributed by atoms with E-state index < -0.39 is 34.1 Å². The van der Waals surface area contributed by atoms with Crippen LogP contribution in [-0.4, -0.2) is 15.3 Å². The molecule has 0 amide bonds. The fourth-order valence-corrected chi connectivity index (χ4v) is 0.986. The summed E-state index contributed by atoms with van der Waals surface area (Å²) in [6.07, 6.45) is -2.29. The molecule has 14 heavy (non-hydrogen) atoms. The van der Waals surface area contributed by atoms with Gasteiger partial charge in [0.15, 0.2) is 5.75 Å². The molecule has 0 saturated heterocycles. The number of hydrogen-bond donors (Lipinski definition) is 2. The van der Waals surface area contributed by atoms with E-state index >= 15 is 0 Å². The molecule has 0 saturated carbocycles. The Morgan fingerprint density at radius 1 is 1.57 bits per heavy atom. The lowest BCUT2D eigenvalue weighted by atomic mass is 10.2. The van der Waals surface area contributed by atoms with E-state index in [0.717, 1.165) is 6.20 Å². The number of aromatic amines is 1. The lowest BCUT2D eigenvalue weighted by Crippen LogP contribution is -2.14. The average Bonchev–Trinajstić information content (AvgIpc) is 2.08. The smallest absolute Gasteiger partial charge is 0.282 e. The van der Waals surface area contributed by atoms with E-state index in [9.17, 15) is 18.4 Å². The van der Waals surface area contributed by atoms with Crippen LogP contribution in [0.25, 0.3) is 0 Å². The summed E-state index contributed by atoms with van der Waals surface area (Å²) >= 11 is 4.95. The van der Waals surface area contributed by atoms with Crippen molar-refractivity contribution in [1.29, 1.82) is 0 Å². The molecule has 76 valence electrons. The first kappa shape index (κ1) is 10.6. The molecule has 4 nitrogen and oxygen atoms in total. The Morgan fingerprint density at radius 2 is 2.14 bits per heavy atom. The van der Waals surface area contributed by atoms with E-state index in [1.807, 2.05) is 4.98 Å². The third-order valence-electron chi connectivity index (χ3n) is 1.52. The SMILES string of the molecule is O=C(Cl)c1c[nH]c(C(F)F)c(O)c1=O. The first-order valence-electron chi connectivity index (χ1n) is 3.37. The highest BCUT2D eigenvalue weighted by Crippen LogP contribution is 2.22. The molecule has 0 aliphatic rings. The molecule has 2 N–H and O–H groups in total. The zero-order valence-electron chi connectivity index (χ0n) is 6.55. The summed E-state index contributed by atoms with van der Waals surface area (Å²) in [6.45, 7) is 0. The van der Waals surface area contributed by atoms with E-state index in [-0.39, 0.29) is 0 Å². The number of pyridine rings is 1. The maximum Gasteiger partial charge on any atom is 0.282 e. The molecule has 0 unspecified atom stereocenters. The number of aromatic hydroxyl groups is 1. The largest absolute Gasteiger partial charge is 0.503 e. The lowest BCUT2D eigenvalue weighted by Gasteiger charge is -2.03. The predicted molar refractivity (Wildman–Crippen MR) is 43.9 cm³/mol. The van der Waals surface area contributed by atoms with Gasteiger partial charge in [0.25, 0.3) is 11.7 Å². The van der Waals surface area contributed by atoms with Gasteiger partial charge in [-0.2, -0.15) is 0 Å². The second kappa shape index (κ2) is 3.75. The Labute approximate surface area is 81.1 Å². The molecule has 1 heterocycles. The summed E-state index contributed by atoms with van der Waals surface area (Å²) in [7, 11) is 0. The highest BCUT2D eigenvalue weighted by molar-refractivity contribution is 6.67. The average molecular weight is 224 g/mol. The van der Waals surface area contributed by atoms with Crippen molar-refractivity contribution in [1.82, 2.24) is 4.98 Å². The molecule has 0 aliphatic heterocycles. The molecule has 0 fully saturated rings. The van der Waals surface area contributed by atoms with Gasteiger partial charge in [-0.15, -0.1) is 0 Å². The van der Waals surface area contributed by atoms with Crippen LogP contribution < -0.4 is 5.43 Å². The molecule has 0 bridgehead atoms. The quantitative estimate of drug-likeness (QED) is 0.745. The van der Waals surface area contributed by atoms with E-state index in [1.54, 1.807) is 0 Å². The third kappa shape index (κ3) is 1.74. The number of carbonyl (C=O) groups is 1. The standard InChI is InChI=1S/C7H4ClF2NO3/c8-6(14)2-1-11-3(7(9)10)5(13)4(2)12/h1,7,13H,(H,11,12). The van der Waals surface area contributed by atoms with Gasteiger partial charge in [-0.05, 0) is 11.6 Å². The molecule has 0 spiro atoms. The Balaban J connectivity index is 3.42. The van der Waals surface area contributed by atoms with Gasteiger partial charge in [0.05, 0.1) is 0 Å². The molecule has 0 atom stereocenters. The molecule has 1 aromatic heterocycles. The summed E-state index contributed by atoms with van der Waals surface area (Å²) < 4.78 is 24.2. The van der Waals surface area contributed by atoms with Gasteiger partial charge in [0.2, 0.25) is 5.43 Å². The van der Waals surface area contributed by atoms with E-state index in [4.69, 9.17) is 16.7 Å². The van der Waals surface area contributed by atoms with Crippen LogP contribution in [0.5, 0.6) is 5.75 Å². The third-order valence-corrected chi connectivity index (χ3v) is 1.72. The van der Waals surface area contributed by atoms with Crippen molar-refractivity contribution in [2.24, 2.45) is 0 Å². The van der Waals surface area contributed by atoms with E-state index in [2.05, 4.69) is 0 Å². The number of nitrogens with one attached hydrogen (secondary N) is 1. The second-order valence-corrected chi connectivity index (χ2v) is 2.71. The normalized spacial score (nSPS) is 10.6. The van der Waals surface area contributed by atoms with Gasteiger partial charge in [0.1, 0.15) is 11.3 Å². The fourth-order valence-electron chi connectivity index (χ4n) is 0.846. The molecular formula is C7H4ClF2NO3. The van der Waals surface area contributed by atoms with Crippen LogP contribution in [-0.2, 0) is 0 Å². The Hall–Kier alpha value is -1.43. The fraction of sp³-hybridized carbons (Fsp3) is 0.143. The summed E-state index contributed by atoms with van der Waals surface area (Å²) in [6, 6.07) is 0. The van der Waals surface area contributed by atoms with E-state index in [1.165, 1.54) is 0 Å². The highest BCUT2D eigenvalue weighted by Gasteiger charge is 2.19. The molecule has 0 aromatic carbocycles. The predicted octanol–water partition coefficient (Wildman–Crippen LogP) is 1.40. The van der Waals surface area contributed by atoms with Gasteiger partial charge in [-0.3, -0.25) is 9.59 Å². The minimum atomic E-state index is -3.03. The monoisotopic (exact) mass is 223 g/mol. The molecular weight excluding hydrogens is 220 g/mol. The van der Waals surface area contributed by atoms with Crippen LogP contribution in [0.2, 0.25) is 0 Å². The van der Waals surface area contributed by atoms with Gasteiger partial charge in [-0.1, -0.05) is 0 Å². The van der Waals surface area contributed by atoms with Gasteiger partial charge >= 0.3 is 0 Å². The van der Waals surface area contributed by atoms with E-state index in [0.29, 0.717) is 0 Å². The number of alkyl halides is 2. The zero-order chi connectivity index (χ0) is 10.9. The second-order valence-electron chi connectivity index (χ2n) is 2.37. The number of hydrogen-bond acceptors (Lipinski definition) is 3. The Morgan fingerprint density at radius 3 is 2.57 bits per heavy atom. The number of H-pyrrole nitrogens is 1. The van der Waals surface area contributed by atoms with Crippen LogP contribution >= 0.6 is 11.6 Å². The van der Waals surface area contributed by atoms with Crippen molar-refractivity contribution in [3.05, 3.63) is 27.7 Å². The van der Waals surface area contributed by atoms with Crippen molar-refractivity contribution in [2.45, 2.75) is 6.43 Å². The minimum Gasteiger partial charge on any atom is -0.503 e. The van der Waals surface area contributed by atoms with Crippen LogP contribution in [0.1, 0.15) is 22.5 Å². The zero-order valence-corrected chi connectivity index (χ0v) is 7.31. The summed E-state index contributed by atoms with van der Waals surface area (Å²) in [5, 5.41) is 7.84. The number of aromatic nitrogens is 1. The lowest BCUT2D eigenvalue weighted by molar-refractivity contribution is 0.107. The Bertz CT molecular complexity index is 429. The Kier molecular flexibility index (Phi) is 2.85. The summed E-state index contributed by atoms with van der Waals surface area (Å²) in [5.74, 6) is -1.19. The molecule has 7 heteroatoms. The van der Waals surface area contributed by atoms with Crippen molar-refractivity contribution in [3.8, 4) is 5.75 Å². The van der Waals surface area contributed by atoms with Gasteiger partial charge in [0, 0.05) is 6.20 Å². The molecule has 0 radical (unpaired) electrons. The molecule has 1 rings (SSSR count). The highest BCUT2D eigenvalue weighted by atomic mass is 35.5. The van der Waals surface area contributed by atoms with Crippen LogP contribution in [0.3, 0.4) is 0 Å². The number of carbonyl (C=O) groups excluding carboxylic acids is 1. The van der Waals surface area contributed by atoms with Crippen molar-refractivity contribution in [2.75, 3.05) is 0 Å².